The largest absolute Gasteiger partial charge is 0.394 e. The third-order valence-corrected chi connectivity index (χ3v) is 4.45. The minimum Gasteiger partial charge on any atom is -0.394 e. The molecule has 1 aromatic carbocycles. The average Bonchev–Trinajstić information content (AvgIpc) is 3.03. The van der Waals surface area contributed by atoms with Gasteiger partial charge < -0.3 is 10.0 Å². The van der Waals surface area contributed by atoms with E-state index in [9.17, 15) is 15.2 Å². The lowest BCUT2D eigenvalue weighted by atomic mass is 9.93. The van der Waals surface area contributed by atoms with Crippen LogP contribution in [0.5, 0.6) is 0 Å². The summed E-state index contributed by atoms with van der Waals surface area (Å²) in [4.78, 5) is 14.3. The van der Waals surface area contributed by atoms with Gasteiger partial charge in [0, 0.05) is 18.8 Å². The Hall–Kier alpha value is -2.85. The fourth-order valence-corrected chi connectivity index (χ4v) is 3.09. The minimum atomic E-state index is -0.400. The molecule has 7 heteroatoms. The molecule has 1 atom stereocenters. The number of aromatic nitrogens is 2. The van der Waals surface area contributed by atoms with Crippen molar-refractivity contribution in [2.75, 3.05) is 18.5 Å². The third-order valence-electron chi connectivity index (χ3n) is 4.45. The highest BCUT2D eigenvalue weighted by molar-refractivity contribution is 5.90. The number of nitriles is 1. The molecule has 0 fully saturated rings. The van der Waals surface area contributed by atoms with E-state index in [0.717, 1.165) is 17.5 Å². The molecule has 0 saturated carbocycles. The van der Waals surface area contributed by atoms with Crippen molar-refractivity contribution in [2.24, 2.45) is 0 Å². The molecule has 0 aliphatic carbocycles. The third kappa shape index (κ3) is 3.21. The Kier molecular flexibility index (Phi) is 4.72. The summed E-state index contributed by atoms with van der Waals surface area (Å²) in [6.07, 6.45) is 2.35. The summed E-state index contributed by atoms with van der Waals surface area (Å²) in [5.74, 6) is 0.247. The summed E-state index contributed by atoms with van der Waals surface area (Å²) in [5, 5.41) is 26.1. The van der Waals surface area contributed by atoms with Crippen LogP contribution in [0.3, 0.4) is 0 Å². The number of carbonyl (C=O) groups is 1. The molecule has 3 rings (SSSR count). The van der Waals surface area contributed by atoms with Crippen molar-refractivity contribution in [2.45, 2.75) is 32.4 Å². The monoisotopic (exact) mass is 339 g/mol. The lowest BCUT2D eigenvalue weighted by Gasteiger charge is -2.36. The maximum atomic E-state index is 12.7. The highest BCUT2D eigenvalue weighted by atomic mass is 16.3. The van der Waals surface area contributed by atoms with Crippen molar-refractivity contribution < 1.29 is 9.90 Å². The first-order valence-electron chi connectivity index (χ1n) is 8.30. The van der Waals surface area contributed by atoms with Crippen LogP contribution in [-0.4, -0.2) is 39.0 Å². The zero-order chi connectivity index (χ0) is 18.0. The molecule has 1 aliphatic heterocycles. The van der Waals surface area contributed by atoms with Gasteiger partial charge in [-0.05, 0) is 31.4 Å². The van der Waals surface area contributed by atoms with E-state index in [0.29, 0.717) is 12.1 Å². The fraction of sp³-hybridized carbons (Fsp3) is 0.389. The summed E-state index contributed by atoms with van der Waals surface area (Å²) in [5.41, 5.74) is 2.42. The van der Waals surface area contributed by atoms with Gasteiger partial charge in [0.05, 0.1) is 12.6 Å². The molecule has 0 radical (unpaired) electrons. The number of rotatable bonds is 3. The van der Waals surface area contributed by atoms with E-state index in [4.69, 9.17) is 0 Å². The normalized spacial score (nSPS) is 16.4. The summed E-state index contributed by atoms with van der Waals surface area (Å²) < 4.78 is 1.64. The second-order valence-corrected chi connectivity index (χ2v) is 6.35. The Morgan fingerprint density at radius 2 is 2.24 bits per heavy atom. The molecule has 0 saturated heterocycles. The Balaban J connectivity index is 1.83. The van der Waals surface area contributed by atoms with Gasteiger partial charge in [0.1, 0.15) is 11.6 Å². The molecule has 0 spiro atoms. The van der Waals surface area contributed by atoms with E-state index in [-0.39, 0.29) is 24.5 Å². The molecule has 1 aliphatic rings. The zero-order valence-electron chi connectivity index (χ0n) is 14.3. The van der Waals surface area contributed by atoms with Gasteiger partial charge in [-0.15, -0.1) is 0 Å². The molecule has 25 heavy (non-hydrogen) atoms. The van der Waals surface area contributed by atoms with Crippen molar-refractivity contribution >= 4 is 11.8 Å². The van der Waals surface area contributed by atoms with E-state index in [1.165, 1.54) is 0 Å². The van der Waals surface area contributed by atoms with Crippen LogP contribution in [0, 0.1) is 11.3 Å². The van der Waals surface area contributed by atoms with Crippen molar-refractivity contribution in [1.29, 1.82) is 5.26 Å². The predicted octanol–water partition coefficient (Wildman–Crippen LogP) is 2.46. The maximum absolute atomic E-state index is 12.7. The molecular formula is C18H21N5O2. The van der Waals surface area contributed by atoms with E-state index in [2.05, 4.69) is 16.5 Å². The van der Waals surface area contributed by atoms with E-state index in [1.807, 2.05) is 38.1 Å². The van der Waals surface area contributed by atoms with Gasteiger partial charge in [0.2, 0.25) is 0 Å². The summed E-state index contributed by atoms with van der Waals surface area (Å²) >= 11 is 0. The molecule has 1 unspecified atom stereocenters. The summed E-state index contributed by atoms with van der Waals surface area (Å²) in [6, 6.07) is 9.20. The van der Waals surface area contributed by atoms with Gasteiger partial charge in [0.25, 0.3) is 0 Å². The highest BCUT2D eigenvalue weighted by Gasteiger charge is 2.30. The Morgan fingerprint density at radius 1 is 1.48 bits per heavy atom. The van der Waals surface area contributed by atoms with Crippen LogP contribution in [0.2, 0.25) is 0 Å². The average molecular weight is 339 g/mol. The van der Waals surface area contributed by atoms with Crippen molar-refractivity contribution in [3.05, 3.63) is 47.2 Å². The topological polar surface area (TPSA) is 94.2 Å². The lowest BCUT2D eigenvalue weighted by molar-refractivity contribution is 0.135. The number of urea groups is 1. The molecule has 2 amide bonds. The SMILES string of the molecule is CC(C)n1cc(C#N)c(NC(=O)N2CCc3ccccc3C2CO)n1. The first-order chi connectivity index (χ1) is 12.0. The lowest BCUT2D eigenvalue weighted by Crippen LogP contribution is -2.44. The number of nitrogens with one attached hydrogen (secondary N) is 1. The van der Waals surface area contributed by atoms with Crippen LogP contribution in [-0.2, 0) is 6.42 Å². The molecule has 0 bridgehead atoms. The Morgan fingerprint density at radius 3 is 2.92 bits per heavy atom. The first kappa shape index (κ1) is 17.0. The molecule has 1 aromatic heterocycles. The predicted molar refractivity (Wildman–Crippen MR) is 93.0 cm³/mol. The number of aliphatic hydroxyl groups excluding tert-OH is 1. The smallest absolute Gasteiger partial charge is 0.323 e. The number of benzene rings is 1. The van der Waals surface area contributed by atoms with E-state index >= 15 is 0 Å². The molecule has 2 aromatic rings. The maximum Gasteiger partial charge on any atom is 0.323 e. The van der Waals surface area contributed by atoms with E-state index in [1.54, 1.807) is 15.8 Å². The molecule has 130 valence electrons. The number of carbonyl (C=O) groups excluding carboxylic acids is 1. The van der Waals surface area contributed by atoms with Crippen molar-refractivity contribution in [3.63, 3.8) is 0 Å². The van der Waals surface area contributed by atoms with Crippen LogP contribution in [0.15, 0.2) is 30.5 Å². The van der Waals surface area contributed by atoms with Crippen LogP contribution < -0.4 is 5.32 Å². The second-order valence-electron chi connectivity index (χ2n) is 6.35. The number of hydrogen-bond acceptors (Lipinski definition) is 4. The molecular weight excluding hydrogens is 318 g/mol. The zero-order valence-corrected chi connectivity index (χ0v) is 14.3. The number of nitrogens with zero attached hydrogens (tertiary/aromatic N) is 4. The van der Waals surface area contributed by atoms with Crippen LogP contribution in [0.1, 0.15) is 42.6 Å². The van der Waals surface area contributed by atoms with Crippen LogP contribution in [0.25, 0.3) is 0 Å². The minimum absolute atomic E-state index is 0.0878. The standard InChI is InChI=1S/C18H21N5O2/c1-12(2)23-10-14(9-19)17(21-23)20-18(25)22-8-7-13-5-3-4-6-15(13)16(22)11-24/h3-6,10,12,16,24H,7-8,11H2,1-2H3,(H,20,21,25). The first-order valence-corrected chi connectivity index (χ1v) is 8.30. The Labute approximate surface area is 146 Å². The number of amides is 2. The molecule has 7 nitrogen and oxygen atoms in total. The van der Waals surface area contributed by atoms with Gasteiger partial charge in [-0.25, -0.2) is 4.79 Å². The molecule has 2 heterocycles. The van der Waals surface area contributed by atoms with Gasteiger partial charge in [0.15, 0.2) is 5.82 Å². The van der Waals surface area contributed by atoms with Gasteiger partial charge in [-0.3, -0.25) is 10.00 Å². The van der Waals surface area contributed by atoms with Gasteiger partial charge in [-0.1, -0.05) is 24.3 Å². The van der Waals surface area contributed by atoms with Gasteiger partial charge in [-0.2, -0.15) is 10.4 Å². The van der Waals surface area contributed by atoms with Crippen molar-refractivity contribution in [3.8, 4) is 6.07 Å². The summed E-state index contributed by atoms with van der Waals surface area (Å²) in [6.45, 7) is 4.24. The highest BCUT2D eigenvalue weighted by Crippen LogP contribution is 2.30. The number of aliphatic hydroxyl groups is 1. The van der Waals surface area contributed by atoms with Gasteiger partial charge >= 0.3 is 6.03 Å². The van der Waals surface area contributed by atoms with E-state index < -0.39 is 6.04 Å². The number of fused-ring (bicyclic) bond motifs is 1. The quantitative estimate of drug-likeness (QED) is 0.898. The van der Waals surface area contributed by atoms with Crippen molar-refractivity contribution in [1.82, 2.24) is 14.7 Å². The summed E-state index contributed by atoms with van der Waals surface area (Å²) in [7, 11) is 0. The number of hydrogen-bond donors (Lipinski definition) is 2. The van der Waals surface area contributed by atoms with Crippen LogP contribution in [0.4, 0.5) is 10.6 Å². The second kappa shape index (κ2) is 6.95. The number of anilines is 1. The fourth-order valence-electron chi connectivity index (χ4n) is 3.09. The van der Waals surface area contributed by atoms with Crippen LogP contribution >= 0.6 is 0 Å². The Bertz CT molecular complexity index is 821. The molecule has 2 N–H and O–H groups in total.